The molecule has 0 amide bonds. The van der Waals surface area contributed by atoms with Crippen LogP contribution >= 0.6 is 11.6 Å². The number of benzene rings is 1. The Balaban J connectivity index is 2.74. The summed E-state index contributed by atoms with van der Waals surface area (Å²) in [5.74, 6) is 0. The molecule has 0 fully saturated rings. The van der Waals surface area contributed by atoms with E-state index in [1.165, 1.54) is 11.3 Å². The summed E-state index contributed by atoms with van der Waals surface area (Å²) < 4.78 is 2.18. The van der Waals surface area contributed by atoms with E-state index in [9.17, 15) is 0 Å². The summed E-state index contributed by atoms with van der Waals surface area (Å²) in [5.41, 5.74) is 7.89. The number of allylic oxidation sites excluding steroid dienone is 2. The van der Waals surface area contributed by atoms with Crippen LogP contribution in [0.5, 0.6) is 0 Å². The van der Waals surface area contributed by atoms with E-state index in [1.807, 2.05) is 32.0 Å². The molecule has 2 rings (SSSR count). The molecular weight excluding hydrogens is 266 g/mol. The van der Waals surface area contributed by atoms with Gasteiger partial charge < -0.3 is 4.57 Å². The molecule has 1 aromatic carbocycles. The van der Waals surface area contributed by atoms with Crippen LogP contribution in [0.15, 0.2) is 37.4 Å². The third-order valence-electron chi connectivity index (χ3n) is 3.71. The Morgan fingerprint density at radius 3 is 2.15 bits per heavy atom. The van der Waals surface area contributed by atoms with Gasteiger partial charge in [-0.2, -0.15) is 0 Å². The maximum Gasteiger partial charge on any atom is 0.0492 e. The third-order valence-corrected chi connectivity index (χ3v) is 3.95. The second-order valence-electron chi connectivity index (χ2n) is 5.34. The summed E-state index contributed by atoms with van der Waals surface area (Å²) in [6.07, 6.45) is 0. The fraction of sp³-hybridized carbons (Fsp3) is 0.222. The minimum atomic E-state index is 0.737. The van der Waals surface area contributed by atoms with E-state index in [1.54, 1.807) is 0 Å². The van der Waals surface area contributed by atoms with Crippen LogP contribution in [0.4, 0.5) is 0 Å². The molecule has 2 aromatic rings. The van der Waals surface area contributed by atoms with Gasteiger partial charge in [0.25, 0.3) is 0 Å². The Bertz CT molecular complexity index is 704. The largest absolute Gasteiger partial charge is 0.347 e. The highest BCUT2D eigenvalue weighted by Gasteiger charge is 2.14. The predicted octanol–water partition coefficient (Wildman–Crippen LogP) is 5.72. The van der Waals surface area contributed by atoms with Crippen molar-refractivity contribution in [1.29, 1.82) is 0 Å². The van der Waals surface area contributed by atoms with Crippen molar-refractivity contribution in [3.05, 3.63) is 59.3 Å². The van der Waals surface area contributed by atoms with E-state index in [0.717, 1.165) is 33.0 Å². The zero-order valence-electron chi connectivity index (χ0n) is 12.5. The van der Waals surface area contributed by atoms with Crippen LogP contribution in [0.25, 0.3) is 22.4 Å². The molecule has 1 nitrogen and oxygen atoms in total. The van der Waals surface area contributed by atoms with Crippen LogP contribution in [0.3, 0.4) is 0 Å². The average Bonchev–Trinajstić information content (AvgIpc) is 2.66. The van der Waals surface area contributed by atoms with Gasteiger partial charge in [0.1, 0.15) is 0 Å². The standard InChI is InChI=1S/C18H20ClN/c1-11(2)15-8-7-14(19)9-17(15)18-10-16(12(3)4)13(5)20(18)6/h7-10H,1,3H2,2,4-6H3. The Kier molecular flexibility index (Phi) is 3.92. The SMILES string of the molecule is C=C(C)c1ccc(Cl)cc1-c1cc(C(=C)C)c(C)n1C. The fourth-order valence-electron chi connectivity index (χ4n) is 2.49. The van der Waals surface area contributed by atoms with Crippen molar-refractivity contribution in [3.63, 3.8) is 0 Å². The number of halogens is 1. The number of nitrogens with zero attached hydrogens (tertiary/aromatic N) is 1. The summed E-state index contributed by atoms with van der Waals surface area (Å²) >= 11 is 6.18. The molecule has 0 N–H and O–H groups in total. The Morgan fingerprint density at radius 1 is 1.05 bits per heavy atom. The summed E-state index contributed by atoms with van der Waals surface area (Å²) in [4.78, 5) is 0. The van der Waals surface area contributed by atoms with Gasteiger partial charge in [0.05, 0.1) is 0 Å². The number of rotatable bonds is 3. The number of hydrogen-bond acceptors (Lipinski definition) is 0. The van der Waals surface area contributed by atoms with E-state index in [0.29, 0.717) is 0 Å². The summed E-state index contributed by atoms with van der Waals surface area (Å²) in [6.45, 7) is 14.3. The monoisotopic (exact) mass is 285 g/mol. The van der Waals surface area contributed by atoms with Gasteiger partial charge in [-0.15, -0.1) is 0 Å². The first-order chi connectivity index (χ1) is 9.32. The number of hydrogen-bond donors (Lipinski definition) is 0. The molecule has 0 radical (unpaired) electrons. The van der Waals surface area contributed by atoms with Gasteiger partial charge in [0, 0.05) is 29.0 Å². The third kappa shape index (κ3) is 2.46. The highest BCUT2D eigenvalue weighted by atomic mass is 35.5. The minimum Gasteiger partial charge on any atom is -0.347 e. The Labute approximate surface area is 126 Å². The maximum atomic E-state index is 6.18. The molecule has 0 aliphatic rings. The van der Waals surface area contributed by atoms with Crippen molar-refractivity contribution in [2.45, 2.75) is 20.8 Å². The average molecular weight is 286 g/mol. The van der Waals surface area contributed by atoms with E-state index < -0.39 is 0 Å². The van der Waals surface area contributed by atoms with Gasteiger partial charge in [-0.1, -0.05) is 36.4 Å². The van der Waals surface area contributed by atoms with Crippen molar-refractivity contribution in [3.8, 4) is 11.3 Å². The first-order valence-corrected chi connectivity index (χ1v) is 6.98. The molecule has 2 heteroatoms. The summed E-state index contributed by atoms with van der Waals surface area (Å²) in [5, 5.41) is 0.737. The van der Waals surface area contributed by atoms with Gasteiger partial charge in [-0.3, -0.25) is 0 Å². The number of aromatic nitrogens is 1. The molecule has 0 bridgehead atoms. The van der Waals surface area contributed by atoms with Crippen molar-refractivity contribution in [1.82, 2.24) is 4.57 Å². The van der Waals surface area contributed by atoms with Gasteiger partial charge in [0.2, 0.25) is 0 Å². The normalized spacial score (nSPS) is 10.7. The first kappa shape index (κ1) is 14.7. The van der Waals surface area contributed by atoms with Crippen LogP contribution < -0.4 is 0 Å². The van der Waals surface area contributed by atoms with Gasteiger partial charge in [-0.25, -0.2) is 0 Å². The molecule has 0 saturated carbocycles. The molecule has 0 aliphatic heterocycles. The lowest BCUT2D eigenvalue weighted by molar-refractivity contribution is 0.888. The maximum absolute atomic E-state index is 6.18. The first-order valence-electron chi connectivity index (χ1n) is 6.61. The van der Waals surface area contributed by atoms with Crippen LogP contribution in [0, 0.1) is 6.92 Å². The second-order valence-corrected chi connectivity index (χ2v) is 5.77. The Morgan fingerprint density at radius 2 is 1.65 bits per heavy atom. The molecule has 1 aromatic heterocycles. The van der Waals surface area contributed by atoms with E-state index in [-0.39, 0.29) is 0 Å². The van der Waals surface area contributed by atoms with E-state index in [2.05, 4.69) is 37.8 Å². The van der Waals surface area contributed by atoms with Crippen molar-refractivity contribution in [2.24, 2.45) is 7.05 Å². The molecule has 0 saturated heterocycles. The minimum absolute atomic E-state index is 0.737. The molecule has 1 heterocycles. The summed E-state index contributed by atoms with van der Waals surface area (Å²) in [7, 11) is 2.07. The van der Waals surface area contributed by atoms with E-state index in [4.69, 9.17) is 11.6 Å². The smallest absolute Gasteiger partial charge is 0.0492 e. The zero-order chi connectivity index (χ0) is 15.0. The lowest BCUT2D eigenvalue weighted by Gasteiger charge is -2.12. The van der Waals surface area contributed by atoms with Gasteiger partial charge in [-0.05, 0) is 55.7 Å². The highest BCUT2D eigenvalue weighted by molar-refractivity contribution is 6.31. The van der Waals surface area contributed by atoms with Crippen LogP contribution in [0.1, 0.15) is 30.7 Å². The van der Waals surface area contributed by atoms with Crippen molar-refractivity contribution < 1.29 is 0 Å². The van der Waals surface area contributed by atoms with Crippen molar-refractivity contribution in [2.75, 3.05) is 0 Å². The molecule has 20 heavy (non-hydrogen) atoms. The summed E-state index contributed by atoms with van der Waals surface area (Å²) in [6, 6.07) is 8.12. The molecule has 0 spiro atoms. The van der Waals surface area contributed by atoms with Crippen LogP contribution in [-0.2, 0) is 7.05 Å². The van der Waals surface area contributed by atoms with Crippen LogP contribution in [-0.4, -0.2) is 4.57 Å². The molecular formula is C18H20ClN. The second kappa shape index (κ2) is 5.34. The lowest BCUT2D eigenvalue weighted by Crippen LogP contribution is -1.96. The predicted molar refractivity (Wildman–Crippen MR) is 90.0 cm³/mol. The lowest BCUT2D eigenvalue weighted by atomic mass is 9.99. The molecule has 0 atom stereocenters. The van der Waals surface area contributed by atoms with Crippen LogP contribution in [0.2, 0.25) is 5.02 Å². The molecule has 104 valence electrons. The highest BCUT2D eigenvalue weighted by Crippen LogP contribution is 2.34. The quantitative estimate of drug-likeness (QED) is 0.680. The molecule has 0 aliphatic carbocycles. The van der Waals surface area contributed by atoms with Gasteiger partial charge >= 0.3 is 0 Å². The topological polar surface area (TPSA) is 4.93 Å². The zero-order valence-corrected chi connectivity index (χ0v) is 13.3. The van der Waals surface area contributed by atoms with Crippen molar-refractivity contribution >= 4 is 22.7 Å². The molecule has 0 unspecified atom stereocenters. The van der Waals surface area contributed by atoms with Gasteiger partial charge in [0.15, 0.2) is 0 Å². The van der Waals surface area contributed by atoms with E-state index >= 15 is 0 Å². The fourth-order valence-corrected chi connectivity index (χ4v) is 2.66. The Hall–Kier alpha value is -1.73.